The van der Waals surface area contributed by atoms with Crippen molar-refractivity contribution in [3.05, 3.63) is 59.0 Å². The summed E-state index contributed by atoms with van der Waals surface area (Å²) in [5.41, 5.74) is 0.579. The third kappa shape index (κ3) is 2.43. The van der Waals surface area contributed by atoms with Crippen LogP contribution in [0.2, 0.25) is 5.15 Å². The Morgan fingerprint density at radius 2 is 1.81 bits per heavy atom. The van der Waals surface area contributed by atoms with Gasteiger partial charge in [-0.25, -0.2) is 9.18 Å². The molecule has 3 rings (SSSR count). The van der Waals surface area contributed by atoms with Gasteiger partial charge in [0, 0.05) is 16.3 Å². The van der Waals surface area contributed by atoms with E-state index in [9.17, 15) is 9.18 Å². The van der Waals surface area contributed by atoms with E-state index in [2.05, 4.69) is 10.2 Å². The molecule has 3 aromatic rings. The van der Waals surface area contributed by atoms with Gasteiger partial charge < -0.3 is 5.11 Å². The van der Waals surface area contributed by atoms with Crippen LogP contribution in [0.25, 0.3) is 22.0 Å². The molecule has 0 aliphatic rings. The maximum atomic E-state index is 13.6. The number of halogens is 2. The van der Waals surface area contributed by atoms with Gasteiger partial charge in [-0.05, 0) is 18.2 Å². The molecule has 104 valence electrons. The van der Waals surface area contributed by atoms with Gasteiger partial charge in [0.1, 0.15) is 11.5 Å². The highest BCUT2D eigenvalue weighted by Gasteiger charge is 2.13. The van der Waals surface area contributed by atoms with Crippen molar-refractivity contribution in [2.45, 2.75) is 0 Å². The minimum absolute atomic E-state index is 0.147. The van der Waals surface area contributed by atoms with Gasteiger partial charge in [0.15, 0.2) is 5.15 Å². The number of rotatable bonds is 2. The molecule has 0 radical (unpaired) electrons. The molecule has 0 fully saturated rings. The van der Waals surface area contributed by atoms with Gasteiger partial charge in [-0.1, -0.05) is 35.9 Å². The first-order valence-electron chi connectivity index (χ1n) is 6.01. The second kappa shape index (κ2) is 5.10. The summed E-state index contributed by atoms with van der Waals surface area (Å²) >= 11 is 5.99. The van der Waals surface area contributed by atoms with Gasteiger partial charge in [0.05, 0.1) is 5.56 Å². The highest BCUT2D eigenvalue weighted by Crippen LogP contribution is 2.30. The third-order valence-corrected chi connectivity index (χ3v) is 3.34. The summed E-state index contributed by atoms with van der Waals surface area (Å²) < 4.78 is 13.6. The number of carbonyl (C=O) groups is 1. The van der Waals surface area contributed by atoms with Crippen molar-refractivity contribution in [3.8, 4) is 11.3 Å². The van der Waals surface area contributed by atoms with Crippen molar-refractivity contribution in [3.63, 3.8) is 0 Å². The van der Waals surface area contributed by atoms with E-state index in [4.69, 9.17) is 16.7 Å². The van der Waals surface area contributed by atoms with Gasteiger partial charge in [0.25, 0.3) is 0 Å². The lowest BCUT2D eigenvalue weighted by Gasteiger charge is -2.07. The molecule has 0 unspecified atom stereocenters. The van der Waals surface area contributed by atoms with Crippen LogP contribution in [0.15, 0.2) is 42.5 Å². The average molecular weight is 303 g/mol. The van der Waals surface area contributed by atoms with Gasteiger partial charge >= 0.3 is 5.97 Å². The second-order valence-corrected chi connectivity index (χ2v) is 4.78. The molecule has 1 aromatic heterocycles. The summed E-state index contributed by atoms with van der Waals surface area (Å²) in [5.74, 6) is -1.85. The predicted molar refractivity (Wildman–Crippen MR) is 76.9 cm³/mol. The van der Waals surface area contributed by atoms with E-state index in [0.29, 0.717) is 22.0 Å². The molecule has 0 saturated heterocycles. The van der Waals surface area contributed by atoms with Crippen LogP contribution < -0.4 is 0 Å². The quantitative estimate of drug-likeness (QED) is 0.782. The summed E-state index contributed by atoms with van der Waals surface area (Å²) in [6.07, 6.45) is 0. The molecule has 0 atom stereocenters. The van der Waals surface area contributed by atoms with E-state index in [1.54, 1.807) is 24.3 Å². The van der Waals surface area contributed by atoms with E-state index in [1.165, 1.54) is 12.1 Å². The fourth-order valence-electron chi connectivity index (χ4n) is 2.13. The zero-order valence-electron chi connectivity index (χ0n) is 10.5. The van der Waals surface area contributed by atoms with Crippen molar-refractivity contribution in [2.75, 3.05) is 0 Å². The summed E-state index contributed by atoms with van der Waals surface area (Å²) in [5, 5.41) is 18.4. The van der Waals surface area contributed by atoms with Gasteiger partial charge in [-0.2, -0.15) is 0 Å². The molecule has 0 amide bonds. The topological polar surface area (TPSA) is 63.1 Å². The van der Waals surface area contributed by atoms with Gasteiger partial charge in [-0.15, -0.1) is 10.2 Å². The Hall–Kier alpha value is -2.53. The number of carboxylic acids is 1. The molecule has 0 spiro atoms. The summed E-state index contributed by atoms with van der Waals surface area (Å²) in [6, 6.07) is 10.7. The normalized spacial score (nSPS) is 10.8. The SMILES string of the molecule is O=C(O)c1cc(F)cc(-c2nnc(Cl)c3ccccc23)c1. The smallest absolute Gasteiger partial charge is 0.335 e. The number of hydrogen-bond acceptors (Lipinski definition) is 3. The average Bonchev–Trinajstić information content (AvgIpc) is 2.47. The lowest BCUT2D eigenvalue weighted by molar-refractivity contribution is 0.0696. The Labute approximate surface area is 123 Å². The molecule has 21 heavy (non-hydrogen) atoms. The Balaban J connectivity index is 2.31. The van der Waals surface area contributed by atoms with Gasteiger partial charge in [0.2, 0.25) is 0 Å². The van der Waals surface area contributed by atoms with Crippen molar-refractivity contribution >= 4 is 28.3 Å². The number of nitrogens with zero attached hydrogens (tertiary/aromatic N) is 2. The number of benzene rings is 2. The highest BCUT2D eigenvalue weighted by molar-refractivity contribution is 6.34. The van der Waals surface area contributed by atoms with Crippen LogP contribution in [0.5, 0.6) is 0 Å². The molecule has 1 heterocycles. The van der Waals surface area contributed by atoms with Crippen molar-refractivity contribution in [1.29, 1.82) is 0 Å². The van der Waals surface area contributed by atoms with Crippen molar-refractivity contribution in [2.24, 2.45) is 0 Å². The van der Waals surface area contributed by atoms with Crippen molar-refractivity contribution in [1.82, 2.24) is 10.2 Å². The Morgan fingerprint density at radius 3 is 2.52 bits per heavy atom. The Morgan fingerprint density at radius 1 is 1.10 bits per heavy atom. The molecule has 0 saturated carbocycles. The minimum atomic E-state index is -1.21. The largest absolute Gasteiger partial charge is 0.478 e. The monoisotopic (exact) mass is 302 g/mol. The molecule has 4 nitrogen and oxygen atoms in total. The number of hydrogen-bond donors (Lipinski definition) is 1. The minimum Gasteiger partial charge on any atom is -0.478 e. The van der Waals surface area contributed by atoms with E-state index < -0.39 is 11.8 Å². The van der Waals surface area contributed by atoms with E-state index >= 15 is 0 Å². The summed E-state index contributed by atoms with van der Waals surface area (Å²) in [6.45, 7) is 0. The van der Waals surface area contributed by atoms with Crippen LogP contribution in [0, 0.1) is 5.82 Å². The predicted octanol–water partition coefficient (Wildman–Crippen LogP) is 3.79. The molecule has 0 aliphatic heterocycles. The maximum absolute atomic E-state index is 13.6. The molecule has 1 N–H and O–H groups in total. The van der Waals surface area contributed by atoms with E-state index in [0.717, 1.165) is 6.07 Å². The number of aromatic carboxylic acids is 1. The van der Waals surface area contributed by atoms with E-state index in [-0.39, 0.29) is 10.7 Å². The first-order valence-corrected chi connectivity index (χ1v) is 6.39. The van der Waals surface area contributed by atoms with Gasteiger partial charge in [-0.3, -0.25) is 0 Å². The zero-order valence-corrected chi connectivity index (χ0v) is 11.3. The fraction of sp³-hybridized carbons (Fsp3) is 0. The molecular formula is C15H8ClFN2O2. The highest BCUT2D eigenvalue weighted by atomic mass is 35.5. The standard InChI is InChI=1S/C15H8ClFN2O2/c16-14-12-4-2-1-3-11(12)13(18-19-14)8-5-9(15(20)21)7-10(17)6-8/h1-7H,(H,20,21). The molecule has 6 heteroatoms. The van der Waals surface area contributed by atoms with Crippen molar-refractivity contribution < 1.29 is 14.3 Å². The number of aromatic nitrogens is 2. The lowest BCUT2D eigenvalue weighted by Crippen LogP contribution is -1.99. The Bertz CT molecular complexity index is 867. The maximum Gasteiger partial charge on any atom is 0.335 e. The Kier molecular flexibility index (Phi) is 3.27. The zero-order chi connectivity index (χ0) is 15.0. The first kappa shape index (κ1) is 13.5. The molecule has 0 aliphatic carbocycles. The van der Waals surface area contributed by atoms with E-state index in [1.807, 2.05) is 0 Å². The van der Waals surface area contributed by atoms with Crippen LogP contribution in [0.4, 0.5) is 4.39 Å². The van der Waals surface area contributed by atoms with Crippen LogP contribution in [-0.4, -0.2) is 21.3 Å². The van der Waals surface area contributed by atoms with Crippen LogP contribution >= 0.6 is 11.6 Å². The first-order chi connectivity index (χ1) is 10.1. The fourth-order valence-corrected chi connectivity index (χ4v) is 2.34. The molecule has 0 bridgehead atoms. The third-order valence-electron chi connectivity index (χ3n) is 3.06. The van der Waals surface area contributed by atoms with Crippen LogP contribution in [0.3, 0.4) is 0 Å². The molecular weight excluding hydrogens is 295 g/mol. The summed E-state index contributed by atoms with van der Waals surface area (Å²) in [4.78, 5) is 11.0. The van der Waals surface area contributed by atoms with Crippen LogP contribution in [-0.2, 0) is 0 Å². The number of fused-ring (bicyclic) bond motifs is 1. The molecule has 2 aromatic carbocycles. The summed E-state index contributed by atoms with van der Waals surface area (Å²) in [7, 11) is 0. The number of carboxylic acid groups (broad SMARTS) is 1. The van der Waals surface area contributed by atoms with Crippen LogP contribution in [0.1, 0.15) is 10.4 Å². The lowest BCUT2D eigenvalue weighted by atomic mass is 10.0. The second-order valence-electron chi connectivity index (χ2n) is 4.42.